The predicted molar refractivity (Wildman–Crippen MR) is 72.2 cm³/mol. The number of aromatic nitrogens is 4. The number of hydrogen-bond donors (Lipinski definition) is 5. The van der Waals surface area contributed by atoms with Crippen molar-refractivity contribution in [2.24, 2.45) is 0 Å². The summed E-state index contributed by atoms with van der Waals surface area (Å²) in [5, 5.41) is 38.7. The lowest BCUT2D eigenvalue weighted by molar-refractivity contribution is -0.250. The van der Waals surface area contributed by atoms with Crippen LogP contribution in [0.5, 0.6) is 0 Å². The van der Waals surface area contributed by atoms with Crippen LogP contribution in [0.3, 0.4) is 0 Å². The van der Waals surface area contributed by atoms with Crippen LogP contribution in [0, 0.1) is 0 Å². The number of aliphatic hydroxyl groups is 4. The highest BCUT2D eigenvalue weighted by atomic mass is 35.5. The van der Waals surface area contributed by atoms with E-state index in [1.165, 1.54) is 10.9 Å². The molecule has 0 aliphatic carbocycles. The van der Waals surface area contributed by atoms with E-state index >= 15 is 0 Å². The lowest BCUT2D eigenvalue weighted by Crippen LogP contribution is -2.56. The Labute approximate surface area is 127 Å². The number of aromatic amines is 1. The van der Waals surface area contributed by atoms with Crippen LogP contribution in [0.2, 0.25) is 5.28 Å². The molecule has 120 valence electrons. The highest BCUT2D eigenvalue weighted by Gasteiger charge is 2.44. The first-order chi connectivity index (χ1) is 10.4. The van der Waals surface area contributed by atoms with Crippen LogP contribution in [-0.4, -0.2) is 71.0 Å². The Bertz CT molecular complexity index is 746. The van der Waals surface area contributed by atoms with E-state index in [-0.39, 0.29) is 16.4 Å². The number of fused-ring (bicyclic) bond motifs is 1. The van der Waals surface area contributed by atoms with Crippen LogP contribution in [-0.2, 0) is 4.74 Å². The third kappa shape index (κ3) is 2.29. The molecule has 5 atom stereocenters. The molecule has 1 aliphatic rings. The van der Waals surface area contributed by atoms with Crippen molar-refractivity contribution < 1.29 is 25.2 Å². The molecule has 0 spiro atoms. The third-order valence-electron chi connectivity index (χ3n) is 3.55. The fourth-order valence-corrected chi connectivity index (χ4v) is 2.60. The molecule has 2 aromatic rings. The molecule has 0 saturated carbocycles. The number of aliphatic hydroxyl groups excluding tert-OH is 4. The van der Waals surface area contributed by atoms with Gasteiger partial charge in [-0.3, -0.25) is 14.3 Å². The average Bonchev–Trinajstić information content (AvgIpc) is 2.89. The Morgan fingerprint density at radius 2 is 2.05 bits per heavy atom. The monoisotopic (exact) mass is 332 g/mol. The van der Waals surface area contributed by atoms with Gasteiger partial charge in [-0.15, -0.1) is 0 Å². The van der Waals surface area contributed by atoms with Crippen LogP contribution in [0.15, 0.2) is 11.1 Å². The van der Waals surface area contributed by atoms with Crippen molar-refractivity contribution in [1.29, 1.82) is 0 Å². The van der Waals surface area contributed by atoms with Crippen molar-refractivity contribution >= 4 is 22.8 Å². The summed E-state index contributed by atoms with van der Waals surface area (Å²) in [6, 6.07) is 0. The van der Waals surface area contributed by atoms with Crippen molar-refractivity contribution in [2.75, 3.05) is 6.61 Å². The Morgan fingerprint density at radius 3 is 2.73 bits per heavy atom. The SMILES string of the molecule is O=c1[nH]c(Cl)nc2ncn([C@@H]3O[C@H](CO)[C@@H](O)[C@H](O)[C@H]3O)c12. The zero-order valence-corrected chi connectivity index (χ0v) is 11.8. The van der Waals surface area contributed by atoms with Gasteiger partial charge >= 0.3 is 0 Å². The maximum absolute atomic E-state index is 12.0. The van der Waals surface area contributed by atoms with Gasteiger partial charge in [0.05, 0.1) is 6.61 Å². The summed E-state index contributed by atoms with van der Waals surface area (Å²) in [4.78, 5) is 22.0. The molecule has 0 unspecified atom stereocenters. The molecular formula is C11H13ClN4O6. The summed E-state index contributed by atoms with van der Waals surface area (Å²) >= 11 is 5.63. The molecule has 0 amide bonds. The number of nitrogens with one attached hydrogen (secondary N) is 1. The lowest BCUT2D eigenvalue weighted by atomic mass is 9.98. The number of rotatable bonds is 2. The number of nitrogens with zero attached hydrogens (tertiary/aromatic N) is 3. The van der Waals surface area contributed by atoms with E-state index in [1.807, 2.05) is 0 Å². The van der Waals surface area contributed by atoms with Crippen molar-refractivity contribution in [2.45, 2.75) is 30.6 Å². The number of halogens is 1. The zero-order valence-electron chi connectivity index (χ0n) is 11.0. The second-order valence-corrected chi connectivity index (χ2v) is 5.26. The minimum atomic E-state index is -1.56. The molecule has 22 heavy (non-hydrogen) atoms. The van der Waals surface area contributed by atoms with E-state index in [9.17, 15) is 25.2 Å². The first-order valence-corrected chi connectivity index (χ1v) is 6.74. The molecule has 11 heteroatoms. The smallest absolute Gasteiger partial charge is 0.278 e. The Hall–Kier alpha value is -1.56. The maximum atomic E-state index is 12.0. The minimum absolute atomic E-state index is 0.0197. The lowest BCUT2D eigenvalue weighted by Gasteiger charge is -2.40. The van der Waals surface area contributed by atoms with Gasteiger partial charge in [-0.25, -0.2) is 4.98 Å². The fourth-order valence-electron chi connectivity index (χ4n) is 2.43. The largest absolute Gasteiger partial charge is 0.394 e. The molecule has 1 fully saturated rings. The van der Waals surface area contributed by atoms with Crippen molar-refractivity contribution in [3.8, 4) is 0 Å². The summed E-state index contributed by atoms with van der Waals surface area (Å²) in [6.45, 7) is -0.575. The van der Waals surface area contributed by atoms with E-state index < -0.39 is 42.8 Å². The fraction of sp³-hybridized carbons (Fsp3) is 0.545. The quantitative estimate of drug-likeness (QED) is 0.386. The molecule has 3 rings (SSSR count). The molecule has 1 saturated heterocycles. The van der Waals surface area contributed by atoms with Gasteiger partial charge in [0, 0.05) is 0 Å². The van der Waals surface area contributed by atoms with E-state index in [4.69, 9.17) is 16.3 Å². The summed E-state index contributed by atoms with van der Waals surface area (Å²) in [7, 11) is 0. The first kappa shape index (κ1) is 15.3. The van der Waals surface area contributed by atoms with Crippen LogP contribution in [0.1, 0.15) is 6.23 Å². The maximum Gasteiger partial charge on any atom is 0.278 e. The number of imidazole rings is 1. The third-order valence-corrected chi connectivity index (χ3v) is 3.73. The molecule has 1 aliphatic heterocycles. The molecular weight excluding hydrogens is 320 g/mol. The van der Waals surface area contributed by atoms with Crippen molar-refractivity contribution in [3.63, 3.8) is 0 Å². The molecule has 0 bridgehead atoms. The number of H-pyrrole nitrogens is 1. The Morgan fingerprint density at radius 1 is 1.32 bits per heavy atom. The van der Waals surface area contributed by atoms with E-state index in [2.05, 4.69) is 15.0 Å². The van der Waals surface area contributed by atoms with Gasteiger partial charge in [-0.05, 0) is 11.6 Å². The summed E-state index contributed by atoms with van der Waals surface area (Å²) in [5.74, 6) is 0. The van der Waals surface area contributed by atoms with Gasteiger partial charge in [-0.2, -0.15) is 4.98 Å². The van der Waals surface area contributed by atoms with E-state index in [1.54, 1.807) is 0 Å². The highest BCUT2D eigenvalue weighted by molar-refractivity contribution is 6.28. The zero-order chi connectivity index (χ0) is 16.0. The van der Waals surface area contributed by atoms with Gasteiger partial charge in [0.25, 0.3) is 5.56 Å². The minimum Gasteiger partial charge on any atom is -0.394 e. The summed E-state index contributed by atoms with van der Waals surface area (Å²) in [6.07, 6.45) is -5.73. The van der Waals surface area contributed by atoms with Crippen molar-refractivity contribution in [1.82, 2.24) is 19.5 Å². The van der Waals surface area contributed by atoms with Gasteiger partial charge in [0.15, 0.2) is 17.4 Å². The second-order valence-electron chi connectivity index (χ2n) is 4.90. The van der Waals surface area contributed by atoms with Gasteiger partial charge in [-0.1, -0.05) is 0 Å². The van der Waals surface area contributed by atoms with Gasteiger partial charge in [0.2, 0.25) is 5.28 Å². The standard InChI is InChI=1S/C11H13ClN4O6/c12-11-14-8-4(9(21)15-11)16(2-13-8)10-7(20)6(19)5(18)3(1-17)22-10/h2-3,5-7,10,17-20H,1H2,(H,14,15,21)/t3-,5-,6+,7-,10-/m1/s1. The van der Waals surface area contributed by atoms with Crippen LogP contribution in [0.25, 0.3) is 11.2 Å². The first-order valence-electron chi connectivity index (χ1n) is 6.37. The predicted octanol–water partition coefficient (Wildman–Crippen LogP) is -2.25. The molecule has 3 heterocycles. The van der Waals surface area contributed by atoms with Gasteiger partial charge < -0.3 is 25.2 Å². The number of hydrogen-bond acceptors (Lipinski definition) is 8. The highest BCUT2D eigenvalue weighted by Crippen LogP contribution is 2.29. The normalized spacial score (nSPS) is 32.5. The van der Waals surface area contributed by atoms with E-state index in [0.717, 1.165) is 0 Å². The van der Waals surface area contributed by atoms with E-state index in [0.29, 0.717) is 0 Å². The second kappa shape index (κ2) is 5.57. The molecule has 5 N–H and O–H groups in total. The molecule has 2 aromatic heterocycles. The van der Waals surface area contributed by atoms with Crippen LogP contribution >= 0.6 is 11.6 Å². The van der Waals surface area contributed by atoms with Gasteiger partial charge in [0.1, 0.15) is 30.7 Å². The Balaban J connectivity index is 2.09. The topological polar surface area (TPSA) is 154 Å². The Kier molecular flexibility index (Phi) is 3.89. The average molecular weight is 333 g/mol. The van der Waals surface area contributed by atoms with Crippen molar-refractivity contribution in [3.05, 3.63) is 22.0 Å². The molecule has 0 radical (unpaired) electrons. The molecule has 10 nitrogen and oxygen atoms in total. The number of ether oxygens (including phenoxy) is 1. The van der Waals surface area contributed by atoms with Crippen LogP contribution < -0.4 is 5.56 Å². The molecule has 0 aromatic carbocycles. The summed E-state index contributed by atoms with van der Waals surface area (Å²) < 4.78 is 6.53. The van der Waals surface area contributed by atoms with Crippen LogP contribution in [0.4, 0.5) is 0 Å². The summed E-state index contributed by atoms with van der Waals surface area (Å²) in [5.41, 5.74) is -0.594.